The second-order valence-corrected chi connectivity index (χ2v) is 9.47. The summed E-state index contributed by atoms with van der Waals surface area (Å²) < 4.78 is 28.3. The molecule has 142 valence electrons. The van der Waals surface area contributed by atoms with Crippen LogP contribution in [0.2, 0.25) is 0 Å². The summed E-state index contributed by atoms with van der Waals surface area (Å²) in [6.07, 6.45) is 0.854. The Kier molecular flexibility index (Phi) is 7.29. The van der Waals surface area contributed by atoms with Gasteiger partial charge in [-0.2, -0.15) is 0 Å². The van der Waals surface area contributed by atoms with E-state index in [0.717, 1.165) is 11.3 Å². The Labute approximate surface area is 151 Å². The van der Waals surface area contributed by atoms with Crippen molar-refractivity contribution in [3.05, 3.63) is 29.8 Å². The monoisotopic (exact) mass is 370 g/mol. The molecule has 1 N–H and O–H groups in total. The fourth-order valence-electron chi connectivity index (χ4n) is 2.40. The van der Waals surface area contributed by atoms with Crippen molar-refractivity contribution < 1.29 is 17.9 Å². The van der Waals surface area contributed by atoms with Crippen LogP contribution in [0.4, 0.5) is 10.5 Å². The summed E-state index contributed by atoms with van der Waals surface area (Å²) in [4.78, 5) is 13.9. The van der Waals surface area contributed by atoms with Crippen molar-refractivity contribution in [1.82, 2.24) is 4.90 Å². The lowest BCUT2D eigenvalue weighted by atomic mass is 10.1. The lowest BCUT2D eigenvalue weighted by Crippen LogP contribution is -2.36. The molecule has 6 nitrogen and oxygen atoms in total. The third kappa shape index (κ3) is 8.25. The predicted molar refractivity (Wildman–Crippen MR) is 102 cm³/mol. The fraction of sp³-hybridized carbons (Fsp3) is 0.611. The van der Waals surface area contributed by atoms with E-state index < -0.39 is 15.4 Å². The standard InChI is InChI=1S/C18H30N2O4S/c1-7-20(17(21)24-18(3,4)5)12-15-10-8-9-11-16(15)19-14(2)13-25(6,22)23/h8-11,14,19H,7,12-13H2,1-6H3. The van der Waals surface area contributed by atoms with Gasteiger partial charge in [0, 0.05) is 24.5 Å². The first-order valence-corrected chi connectivity index (χ1v) is 10.5. The number of anilines is 1. The summed E-state index contributed by atoms with van der Waals surface area (Å²) in [6, 6.07) is 7.35. The zero-order valence-electron chi connectivity index (χ0n) is 16.0. The van der Waals surface area contributed by atoms with E-state index in [0.29, 0.717) is 13.1 Å². The predicted octanol–water partition coefficient (Wildman–Crippen LogP) is 3.29. The molecule has 0 aliphatic rings. The second-order valence-electron chi connectivity index (χ2n) is 7.29. The topological polar surface area (TPSA) is 75.7 Å². The Morgan fingerprint density at radius 1 is 1.28 bits per heavy atom. The molecule has 1 aromatic rings. The van der Waals surface area contributed by atoms with Crippen LogP contribution in [0.1, 0.15) is 40.2 Å². The number of benzene rings is 1. The maximum Gasteiger partial charge on any atom is 0.410 e. The molecule has 0 aliphatic heterocycles. The van der Waals surface area contributed by atoms with E-state index in [2.05, 4.69) is 5.32 Å². The van der Waals surface area contributed by atoms with E-state index in [1.165, 1.54) is 6.26 Å². The summed E-state index contributed by atoms with van der Waals surface area (Å²) in [7, 11) is -3.06. The van der Waals surface area contributed by atoms with Gasteiger partial charge in [-0.15, -0.1) is 0 Å². The van der Waals surface area contributed by atoms with Gasteiger partial charge in [0.1, 0.15) is 15.4 Å². The van der Waals surface area contributed by atoms with E-state index in [1.54, 1.807) is 4.90 Å². The first-order chi connectivity index (χ1) is 11.4. The largest absolute Gasteiger partial charge is 0.444 e. The summed E-state index contributed by atoms with van der Waals surface area (Å²) in [6.45, 7) is 10.1. The van der Waals surface area contributed by atoms with E-state index in [9.17, 15) is 13.2 Å². The van der Waals surface area contributed by atoms with Crippen molar-refractivity contribution in [2.75, 3.05) is 23.9 Å². The minimum atomic E-state index is -3.06. The zero-order chi connectivity index (χ0) is 19.3. The van der Waals surface area contributed by atoms with Gasteiger partial charge in [0.05, 0.1) is 12.3 Å². The maximum absolute atomic E-state index is 12.3. The average Bonchev–Trinajstić information content (AvgIpc) is 2.42. The third-order valence-electron chi connectivity index (χ3n) is 3.37. The van der Waals surface area contributed by atoms with Crippen LogP contribution in [0.25, 0.3) is 0 Å². The molecule has 0 saturated heterocycles. The van der Waals surface area contributed by atoms with Crippen molar-refractivity contribution in [1.29, 1.82) is 0 Å². The molecular weight excluding hydrogens is 340 g/mol. The number of hydrogen-bond acceptors (Lipinski definition) is 5. The summed E-state index contributed by atoms with van der Waals surface area (Å²) in [5.74, 6) is 0.0465. The number of para-hydroxylation sites is 1. The third-order valence-corrected chi connectivity index (χ3v) is 4.47. The van der Waals surface area contributed by atoms with Crippen molar-refractivity contribution in [3.63, 3.8) is 0 Å². The molecule has 0 aliphatic carbocycles. The number of carbonyl (C=O) groups excluding carboxylic acids is 1. The first-order valence-electron chi connectivity index (χ1n) is 8.41. The molecule has 1 atom stereocenters. The highest BCUT2D eigenvalue weighted by Crippen LogP contribution is 2.20. The van der Waals surface area contributed by atoms with Gasteiger partial charge in [-0.1, -0.05) is 18.2 Å². The van der Waals surface area contributed by atoms with Crippen LogP contribution in [0.5, 0.6) is 0 Å². The molecular formula is C18H30N2O4S. The Morgan fingerprint density at radius 3 is 2.40 bits per heavy atom. The number of hydrogen-bond donors (Lipinski definition) is 1. The van der Waals surface area contributed by atoms with Crippen LogP contribution in [0.15, 0.2) is 24.3 Å². The quantitative estimate of drug-likeness (QED) is 0.797. The Morgan fingerprint density at radius 2 is 1.88 bits per heavy atom. The number of nitrogens with zero attached hydrogens (tertiary/aromatic N) is 1. The fourth-order valence-corrected chi connectivity index (χ4v) is 3.39. The molecule has 1 rings (SSSR count). The molecule has 0 aromatic heterocycles. The number of ether oxygens (including phenoxy) is 1. The molecule has 0 saturated carbocycles. The zero-order valence-corrected chi connectivity index (χ0v) is 16.8. The summed E-state index contributed by atoms with van der Waals surface area (Å²) in [5.41, 5.74) is 1.18. The van der Waals surface area contributed by atoms with Crippen LogP contribution in [-0.4, -0.2) is 49.6 Å². The van der Waals surface area contributed by atoms with E-state index >= 15 is 0 Å². The molecule has 7 heteroatoms. The van der Waals surface area contributed by atoms with Crippen LogP contribution in [-0.2, 0) is 21.1 Å². The van der Waals surface area contributed by atoms with Crippen molar-refractivity contribution in [3.8, 4) is 0 Å². The van der Waals surface area contributed by atoms with Gasteiger partial charge in [-0.3, -0.25) is 0 Å². The molecule has 1 unspecified atom stereocenters. The SMILES string of the molecule is CCN(Cc1ccccc1NC(C)CS(C)(=O)=O)C(=O)OC(C)(C)C. The summed E-state index contributed by atoms with van der Waals surface area (Å²) >= 11 is 0. The second kappa shape index (κ2) is 8.56. The van der Waals surface area contributed by atoms with Crippen LogP contribution >= 0.6 is 0 Å². The van der Waals surface area contributed by atoms with Gasteiger partial charge in [0.25, 0.3) is 0 Å². The molecule has 25 heavy (non-hydrogen) atoms. The highest BCUT2D eigenvalue weighted by Gasteiger charge is 2.22. The van der Waals surface area contributed by atoms with Crippen molar-refractivity contribution in [2.45, 2.75) is 52.8 Å². The van der Waals surface area contributed by atoms with Gasteiger partial charge >= 0.3 is 6.09 Å². The van der Waals surface area contributed by atoms with E-state index in [-0.39, 0.29) is 17.9 Å². The van der Waals surface area contributed by atoms with Gasteiger partial charge in [0.2, 0.25) is 0 Å². The van der Waals surface area contributed by atoms with Crippen LogP contribution in [0.3, 0.4) is 0 Å². The van der Waals surface area contributed by atoms with E-state index in [4.69, 9.17) is 4.74 Å². The van der Waals surface area contributed by atoms with E-state index in [1.807, 2.05) is 58.9 Å². The number of amides is 1. The smallest absolute Gasteiger partial charge is 0.410 e. The van der Waals surface area contributed by atoms with Crippen LogP contribution in [0, 0.1) is 0 Å². The molecule has 1 amide bonds. The highest BCUT2D eigenvalue weighted by atomic mass is 32.2. The maximum atomic E-state index is 12.3. The summed E-state index contributed by atoms with van der Waals surface area (Å²) in [5, 5.41) is 3.23. The van der Waals surface area contributed by atoms with Gasteiger partial charge in [0.15, 0.2) is 0 Å². The number of rotatable bonds is 7. The number of sulfone groups is 1. The van der Waals surface area contributed by atoms with Crippen molar-refractivity contribution in [2.24, 2.45) is 0 Å². The normalized spacial score (nSPS) is 13.2. The minimum absolute atomic E-state index is 0.0465. The van der Waals surface area contributed by atoms with Gasteiger partial charge in [-0.25, -0.2) is 13.2 Å². The average molecular weight is 371 g/mol. The molecule has 0 bridgehead atoms. The molecule has 0 fully saturated rings. The molecule has 0 spiro atoms. The Hall–Kier alpha value is -1.76. The molecule has 0 radical (unpaired) electrons. The van der Waals surface area contributed by atoms with Gasteiger partial charge < -0.3 is 15.0 Å². The number of carbonyl (C=O) groups is 1. The Balaban J connectivity index is 2.89. The minimum Gasteiger partial charge on any atom is -0.444 e. The Bertz CT molecular complexity index is 681. The highest BCUT2D eigenvalue weighted by molar-refractivity contribution is 7.90. The van der Waals surface area contributed by atoms with Crippen LogP contribution < -0.4 is 5.32 Å². The lowest BCUT2D eigenvalue weighted by molar-refractivity contribution is 0.0245. The van der Waals surface area contributed by atoms with Crippen molar-refractivity contribution >= 4 is 21.6 Å². The first kappa shape index (κ1) is 21.3. The molecule has 1 aromatic carbocycles. The van der Waals surface area contributed by atoms with Gasteiger partial charge in [-0.05, 0) is 46.2 Å². The lowest BCUT2D eigenvalue weighted by Gasteiger charge is -2.27. The number of nitrogens with one attached hydrogen (secondary N) is 1. The molecule has 0 heterocycles.